The lowest BCUT2D eigenvalue weighted by molar-refractivity contribution is -0.163. The quantitative estimate of drug-likeness (QED) is 0.541. The molecule has 12 heteroatoms. The van der Waals surface area contributed by atoms with Gasteiger partial charge in [-0.3, -0.25) is 9.59 Å². The lowest BCUT2D eigenvalue weighted by Gasteiger charge is -2.31. The van der Waals surface area contributed by atoms with E-state index >= 15 is 0 Å². The number of esters is 1. The number of benzene rings is 1. The summed E-state index contributed by atoms with van der Waals surface area (Å²) < 4.78 is 68.3. The normalized spacial score (nSPS) is 22.9. The third-order valence-electron chi connectivity index (χ3n) is 5.98. The number of amides is 1. The average Bonchev–Trinajstić information content (AvgIpc) is 3.12. The molecule has 1 amide bonds. The van der Waals surface area contributed by atoms with Gasteiger partial charge in [-0.25, -0.2) is 21.2 Å². The number of rotatable bonds is 6. The molecule has 1 aromatic rings. The van der Waals surface area contributed by atoms with Gasteiger partial charge in [0, 0.05) is 26.2 Å². The molecule has 2 saturated heterocycles. The van der Waals surface area contributed by atoms with Gasteiger partial charge in [0.1, 0.15) is 5.82 Å². The van der Waals surface area contributed by atoms with Gasteiger partial charge in [-0.1, -0.05) is 0 Å². The van der Waals surface area contributed by atoms with Crippen molar-refractivity contribution in [2.75, 3.05) is 31.6 Å². The van der Waals surface area contributed by atoms with Crippen LogP contribution in [0.5, 0.6) is 0 Å². The van der Waals surface area contributed by atoms with Crippen molar-refractivity contribution in [1.29, 1.82) is 0 Å². The van der Waals surface area contributed by atoms with Gasteiger partial charge >= 0.3 is 5.97 Å². The van der Waals surface area contributed by atoms with Crippen LogP contribution < -0.4 is 0 Å². The zero-order valence-electron chi connectivity index (χ0n) is 17.9. The number of sulfonamides is 1. The molecule has 2 heterocycles. The molecular weight excluding hydrogens is 463 g/mol. The SMILES string of the molecule is C[C@H](OC(=O)C1CCN(S(=O)(=O)c2ccc(F)cc2)CC1)C(=O)N(C)[C@@H]1CCS(=O)(=O)C1. The Bertz CT molecular complexity index is 1070. The Morgan fingerprint density at radius 3 is 2.28 bits per heavy atom. The number of likely N-dealkylation sites (N-methyl/N-ethyl adjacent to an activating group) is 1. The number of hydrogen-bond donors (Lipinski definition) is 0. The number of hydrogen-bond acceptors (Lipinski definition) is 7. The van der Waals surface area contributed by atoms with Crippen molar-refractivity contribution in [2.24, 2.45) is 5.92 Å². The van der Waals surface area contributed by atoms with Crippen molar-refractivity contribution in [2.45, 2.75) is 43.2 Å². The summed E-state index contributed by atoms with van der Waals surface area (Å²) in [6.45, 7) is 1.64. The Labute approximate surface area is 187 Å². The van der Waals surface area contributed by atoms with Crippen LogP contribution in [-0.4, -0.2) is 81.7 Å². The number of ether oxygens (including phenoxy) is 1. The van der Waals surface area contributed by atoms with E-state index in [1.807, 2.05) is 0 Å². The first-order chi connectivity index (χ1) is 14.9. The highest BCUT2D eigenvalue weighted by atomic mass is 32.2. The zero-order valence-corrected chi connectivity index (χ0v) is 19.6. The van der Waals surface area contributed by atoms with Crippen LogP contribution in [0.1, 0.15) is 26.2 Å². The van der Waals surface area contributed by atoms with Crippen LogP contribution in [0.4, 0.5) is 4.39 Å². The van der Waals surface area contributed by atoms with Gasteiger partial charge in [-0.15, -0.1) is 0 Å². The molecule has 0 spiro atoms. The Morgan fingerprint density at radius 2 is 1.75 bits per heavy atom. The van der Waals surface area contributed by atoms with Crippen molar-refractivity contribution in [3.8, 4) is 0 Å². The Hall–Kier alpha value is -2.05. The van der Waals surface area contributed by atoms with Crippen LogP contribution in [0.3, 0.4) is 0 Å². The van der Waals surface area contributed by atoms with Crippen molar-refractivity contribution >= 4 is 31.7 Å². The van der Waals surface area contributed by atoms with E-state index in [0.717, 1.165) is 12.1 Å². The summed E-state index contributed by atoms with van der Waals surface area (Å²) in [4.78, 5) is 26.4. The van der Waals surface area contributed by atoms with Crippen LogP contribution in [0.25, 0.3) is 0 Å². The molecule has 3 rings (SSSR count). The standard InChI is InChI=1S/C20H27FN2O7S2/c1-14(19(24)22(2)17-9-12-31(26,27)13-17)30-20(25)15-7-10-23(11-8-15)32(28,29)18-5-3-16(21)4-6-18/h3-6,14-15,17H,7-13H2,1-2H3/t14-,17+/m0/s1. The summed E-state index contributed by atoms with van der Waals surface area (Å²) >= 11 is 0. The molecule has 0 bridgehead atoms. The highest BCUT2D eigenvalue weighted by Crippen LogP contribution is 2.25. The van der Waals surface area contributed by atoms with Crippen LogP contribution in [0, 0.1) is 11.7 Å². The first kappa shape index (κ1) is 24.6. The molecule has 0 N–H and O–H groups in total. The second kappa shape index (κ2) is 9.44. The first-order valence-corrected chi connectivity index (χ1v) is 13.6. The Balaban J connectivity index is 1.52. The molecule has 0 saturated carbocycles. The summed E-state index contributed by atoms with van der Waals surface area (Å²) in [5.74, 6) is -2.22. The summed E-state index contributed by atoms with van der Waals surface area (Å²) in [5, 5.41) is 0. The van der Waals surface area contributed by atoms with Crippen molar-refractivity contribution in [3.63, 3.8) is 0 Å². The lowest BCUT2D eigenvalue weighted by atomic mass is 9.98. The van der Waals surface area contributed by atoms with Crippen molar-refractivity contribution in [1.82, 2.24) is 9.21 Å². The third kappa shape index (κ3) is 5.46. The van der Waals surface area contributed by atoms with E-state index in [2.05, 4.69) is 0 Å². The highest BCUT2D eigenvalue weighted by Gasteiger charge is 2.37. The average molecular weight is 491 g/mol. The van der Waals surface area contributed by atoms with Crippen LogP contribution >= 0.6 is 0 Å². The first-order valence-electron chi connectivity index (χ1n) is 10.3. The highest BCUT2D eigenvalue weighted by molar-refractivity contribution is 7.91. The molecule has 2 atom stereocenters. The molecular formula is C20H27FN2O7S2. The topological polar surface area (TPSA) is 118 Å². The van der Waals surface area contributed by atoms with Gasteiger partial charge in [0.2, 0.25) is 10.0 Å². The fourth-order valence-corrected chi connectivity index (χ4v) is 7.20. The summed E-state index contributed by atoms with van der Waals surface area (Å²) in [5.41, 5.74) is 0. The number of sulfone groups is 1. The van der Waals surface area contributed by atoms with Gasteiger partial charge in [0.25, 0.3) is 5.91 Å². The Kier molecular flexibility index (Phi) is 7.25. The molecule has 0 radical (unpaired) electrons. The predicted molar refractivity (Wildman–Crippen MR) is 113 cm³/mol. The largest absolute Gasteiger partial charge is 0.452 e. The minimum Gasteiger partial charge on any atom is -0.452 e. The van der Waals surface area contributed by atoms with E-state index in [1.54, 1.807) is 0 Å². The minimum atomic E-state index is -3.79. The second-order valence-corrected chi connectivity index (χ2v) is 12.4. The number of piperidine rings is 1. The van der Waals surface area contributed by atoms with Crippen molar-refractivity contribution < 1.29 is 35.6 Å². The third-order valence-corrected chi connectivity index (χ3v) is 9.65. The van der Waals surface area contributed by atoms with E-state index in [0.29, 0.717) is 6.42 Å². The van der Waals surface area contributed by atoms with E-state index in [-0.39, 0.29) is 42.3 Å². The van der Waals surface area contributed by atoms with E-state index < -0.39 is 55.6 Å². The maximum Gasteiger partial charge on any atom is 0.309 e. The van der Waals surface area contributed by atoms with Crippen LogP contribution in [0.2, 0.25) is 0 Å². The second-order valence-electron chi connectivity index (χ2n) is 8.22. The van der Waals surface area contributed by atoms with Crippen LogP contribution in [0.15, 0.2) is 29.2 Å². The van der Waals surface area contributed by atoms with E-state index in [9.17, 15) is 30.8 Å². The van der Waals surface area contributed by atoms with Gasteiger partial charge in [-0.05, 0) is 50.5 Å². The van der Waals surface area contributed by atoms with Gasteiger partial charge in [-0.2, -0.15) is 4.31 Å². The molecule has 2 aliphatic rings. The fraction of sp³-hybridized carbons (Fsp3) is 0.600. The molecule has 1 aromatic carbocycles. The predicted octanol–water partition coefficient (Wildman–Crippen LogP) is 0.804. The number of halogens is 1. The molecule has 0 aromatic heterocycles. The summed E-state index contributed by atoms with van der Waals surface area (Å²) in [7, 11) is -5.45. The fourth-order valence-electron chi connectivity index (χ4n) is 3.96. The molecule has 2 aliphatic heterocycles. The molecule has 0 unspecified atom stereocenters. The lowest BCUT2D eigenvalue weighted by Crippen LogP contribution is -2.45. The molecule has 32 heavy (non-hydrogen) atoms. The Morgan fingerprint density at radius 1 is 1.16 bits per heavy atom. The molecule has 9 nitrogen and oxygen atoms in total. The summed E-state index contributed by atoms with van der Waals surface area (Å²) in [6.07, 6.45) is -0.253. The monoisotopic (exact) mass is 490 g/mol. The van der Waals surface area contributed by atoms with Crippen molar-refractivity contribution in [3.05, 3.63) is 30.1 Å². The van der Waals surface area contributed by atoms with E-state index in [4.69, 9.17) is 4.74 Å². The molecule has 0 aliphatic carbocycles. The van der Waals surface area contributed by atoms with Crippen LogP contribution in [-0.2, 0) is 34.2 Å². The zero-order chi connectivity index (χ0) is 23.7. The maximum absolute atomic E-state index is 13.1. The number of nitrogens with zero attached hydrogens (tertiary/aromatic N) is 2. The number of carbonyl (C=O) groups excluding carboxylic acids is 2. The maximum atomic E-state index is 13.1. The summed E-state index contributed by atoms with van der Waals surface area (Å²) in [6, 6.07) is 4.11. The minimum absolute atomic E-state index is 0.0175. The molecule has 178 valence electrons. The smallest absolute Gasteiger partial charge is 0.309 e. The van der Waals surface area contributed by atoms with Gasteiger partial charge in [0.15, 0.2) is 15.9 Å². The van der Waals surface area contributed by atoms with E-state index in [1.165, 1.54) is 35.3 Å². The molecule has 2 fully saturated rings. The number of carbonyl (C=O) groups is 2. The van der Waals surface area contributed by atoms with Gasteiger partial charge < -0.3 is 9.64 Å². The van der Waals surface area contributed by atoms with Gasteiger partial charge in [0.05, 0.1) is 22.3 Å².